The number of anilines is 1. The number of halogens is 1. The predicted octanol–water partition coefficient (Wildman–Crippen LogP) is 3.10. The van der Waals surface area contributed by atoms with Gasteiger partial charge in [0, 0.05) is 3.57 Å². The second-order valence-corrected chi connectivity index (χ2v) is 6.99. The molecule has 0 heterocycles. The Hall–Kier alpha value is -1.59. The van der Waals surface area contributed by atoms with Crippen molar-refractivity contribution in [1.29, 1.82) is 5.26 Å². The molecule has 0 aliphatic heterocycles. The molecule has 0 fully saturated rings. The van der Waals surface area contributed by atoms with Crippen LogP contribution in [0.15, 0.2) is 48.5 Å². The lowest BCUT2D eigenvalue weighted by atomic mass is 10.1. The zero-order chi connectivity index (χ0) is 14.6. The zero-order valence-corrected chi connectivity index (χ0v) is 13.3. The van der Waals surface area contributed by atoms with Crippen molar-refractivity contribution >= 4 is 38.3 Å². The second kappa shape index (κ2) is 6.24. The molecule has 0 amide bonds. The molecule has 102 valence electrons. The Labute approximate surface area is 131 Å². The van der Waals surface area contributed by atoms with Crippen LogP contribution in [0.25, 0.3) is 0 Å². The summed E-state index contributed by atoms with van der Waals surface area (Å²) < 4.78 is 27.7. The van der Waals surface area contributed by atoms with Gasteiger partial charge in [0.2, 0.25) is 10.0 Å². The largest absolute Gasteiger partial charge is 0.282 e. The van der Waals surface area contributed by atoms with Crippen molar-refractivity contribution in [3.8, 4) is 6.07 Å². The van der Waals surface area contributed by atoms with Crippen molar-refractivity contribution < 1.29 is 8.42 Å². The van der Waals surface area contributed by atoms with E-state index >= 15 is 0 Å². The van der Waals surface area contributed by atoms with Crippen LogP contribution in [-0.2, 0) is 15.8 Å². The summed E-state index contributed by atoms with van der Waals surface area (Å²) in [5.74, 6) is -0.221. The van der Waals surface area contributed by atoms with Gasteiger partial charge in [-0.2, -0.15) is 5.26 Å². The van der Waals surface area contributed by atoms with Crippen LogP contribution in [0.3, 0.4) is 0 Å². The molecule has 0 aliphatic carbocycles. The van der Waals surface area contributed by atoms with Crippen molar-refractivity contribution in [1.82, 2.24) is 0 Å². The van der Waals surface area contributed by atoms with E-state index in [0.29, 0.717) is 16.8 Å². The fourth-order valence-corrected chi connectivity index (χ4v) is 3.66. The summed E-state index contributed by atoms with van der Waals surface area (Å²) in [4.78, 5) is 0. The second-order valence-electron chi connectivity index (χ2n) is 4.11. The normalized spacial score (nSPS) is 10.8. The summed E-state index contributed by atoms with van der Waals surface area (Å²) in [7, 11) is -3.55. The highest BCUT2D eigenvalue weighted by atomic mass is 127. The minimum Gasteiger partial charge on any atom is -0.282 e. The maximum atomic E-state index is 12.2. The molecule has 0 aromatic heterocycles. The predicted molar refractivity (Wildman–Crippen MR) is 86.6 cm³/mol. The molecule has 2 aromatic rings. The van der Waals surface area contributed by atoms with E-state index < -0.39 is 10.0 Å². The molecule has 6 heteroatoms. The maximum Gasteiger partial charge on any atom is 0.236 e. The standard InChI is InChI=1S/C14H11IN2O2S/c15-13-7-3-4-8-14(13)17-20(18,19)10-12-6-2-1-5-11(12)9-16/h1-8,17H,10H2. The van der Waals surface area contributed by atoms with E-state index in [1.54, 1.807) is 36.4 Å². The zero-order valence-electron chi connectivity index (χ0n) is 10.4. The molecule has 2 rings (SSSR count). The third-order valence-corrected chi connectivity index (χ3v) is 4.79. The van der Waals surface area contributed by atoms with E-state index in [0.717, 1.165) is 3.57 Å². The average Bonchev–Trinajstić information content (AvgIpc) is 2.41. The topological polar surface area (TPSA) is 70.0 Å². The molecule has 0 saturated carbocycles. The van der Waals surface area contributed by atoms with Gasteiger partial charge in [-0.05, 0) is 46.4 Å². The van der Waals surface area contributed by atoms with Gasteiger partial charge >= 0.3 is 0 Å². The Morgan fingerprint density at radius 2 is 1.75 bits per heavy atom. The fourth-order valence-electron chi connectivity index (χ4n) is 1.71. The van der Waals surface area contributed by atoms with Crippen LogP contribution in [0.1, 0.15) is 11.1 Å². The average molecular weight is 398 g/mol. The first-order chi connectivity index (χ1) is 9.52. The van der Waals surface area contributed by atoms with Crippen LogP contribution in [0.4, 0.5) is 5.69 Å². The summed E-state index contributed by atoms with van der Waals surface area (Å²) >= 11 is 2.07. The van der Waals surface area contributed by atoms with Gasteiger partial charge in [-0.1, -0.05) is 30.3 Å². The van der Waals surface area contributed by atoms with Crippen LogP contribution >= 0.6 is 22.6 Å². The van der Waals surface area contributed by atoms with Crippen LogP contribution in [-0.4, -0.2) is 8.42 Å². The minimum absolute atomic E-state index is 0.221. The van der Waals surface area contributed by atoms with Crippen LogP contribution in [0, 0.1) is 14.9 Å². The van der Waals surface area contributed by atoms with Gasteiger partial charge in [0.15, 0.2) is 0 Å². The summed E-state index contributed by atoms with van der Waals surface area (Å²) in [5.41, 5.74) is 1.41. The molecule has 0 bridgehead atoms. The Morgan fingerprint density at radius 3 is 2.45 bits per heavy atom. The van der Waals surface area contributed by atoms with Gasteiger partial charge in [-0.3, -0.25) is 4.72 Å². The van der Waals surface area contributed by atoms with Gasteiger partial charge in [0.05, 0.1) is 23.1 Å². The highest BCUT2D eigenvalue weighted by Crippen LogP contribution is 2.20. The molecular weight excluding hydrogens is 387 g/mol. The van der Waals surface area contributed by atoms with E-state index in [9.17, 15) is 8.42 Å². The van der Waals surface area contributed by atoms with Crippen molar-refractivity contribution in [3.63, 3.8) is 0 Å². The molecule has 0 unspecified atom stereocenters. The first-order valence-corrected chi connectivity index (χ1v) is 8.48. The molecule has 2 aromatic carbocycles. The first-order valence-electron chi connectivity index (χ1n) is 5.75. The molecular formula is C14H11IN2O2S. The number of nitriles is 1. The molecule has 1 N–H and O–H groups in total. The van der Waals surface area contributed by atoms with Gasteiger partial charge in [-0.25, -0.2) is 8.42 Å². The highest BCUT2D eigenvalue weighted by Gasteiger charge is 2.15. The van der Waals surface area contributed by atoms with Crippen molar-refractivity contribution in [2.24, 2.45) is 0 Å². The van der Waals surface area contributed by atoms with E-state index in [-0.39, 0.29) is 5.75 Å². The number of rotatable bonds is 4. The van der Waals surface area contributed by atoms with E-state index in [4.69, 9.17) is 5.26 Å². The highest BCUT2D eigenvalue weighted by molar-refractivity contribution is 14.1. The lowest BCUT2D eigenvalue weighted by Crippen LogP contribution is -2.16. The minimum atomic E-state index is -3.55. The summed E-state index contributed by atoms with van der Waals surface area (Å²) in [5, 5.41) is 8.98. The quantitative estimate of drug-likeness (QED) is 0.805. The third kappa shape index (κ3) is 3.71. The Bertz CT molecular complexity index is 767. The van der Waals surface area contributed by atoms with E-state index in [2.05, 4.69) is 27.3 Å². The SMILES string of the molecule is N#Cc1ccccc1CS(=O)(=O)Nc1ccccc1I. The summed E-state index contributed by atoms with van der Waals surface area (Å²) in [6, 6.07) is 15.8. The van der Waals surface area contributed by atoms with Gasteiger partial charge < -0.3 is 0 Å². The maximum absolute atomic E-state index is 12.2. The van der Waals surface area contributed by atoms with Crippen molar-refractivity contribution in [3.05, 3.63) is 63.2 Å². The van der Waals surface area contributed by atoms with Crippen LogP contribution in [0.2, 0.25) is 0 Å². The number of nitrogens with one attached hydrogen (secondary N) is 1. The first kappa shape index (κ1) is 14.8. The van der Waals surface area contributed by atoms with Gasteiger partial charge in [-0.15, -0.1) is 0 Å². The number of hydrogen-bond acceptors (Lipinski definition) is 3. The molecule has 0 aliphatic rings. The number of para-hydroxylation sites is 1. The van der Waals surface area contributed by atoms with Gasteiger partial charge in [0.25, 0.3) is 0 Å². The molecule has 0 radical (unpaired) electrons. The third-order valence-electron chi connectivity index (χ3n) is 2.62. The molecule has 0 atom stereocenters. The van der Waals surface area contributed by atoms with Crippen LogP contribution in [0.5, 0.6) is 0 Å². The Balaban J connectivity index is 2.25. The fraction of sp³-hybridized carbons (Fsp3) is 0.0714. The smallest absolute Gasteiger partial charge is 0.236 e. The molecule has 20 heavy (non-hydrogen) atoms. The van der Waals surface area contributed by atoms with E-state index in [1.807, 2.05) is 18.2 Å². The van der Waals surface area contributed by atoms with Gasteiger partial charge in [0.1, 0.15) is 0 Å². The molecule has 0 spiro atoms. The monoisotopic (exact) mass is 398 g/mol. The van der Waals surface area contributed by atoms with Crippen molar-refractivity contribution in [2.75, 3.05) is 4.72 Å². The molecule has 4 nitrogen and oxygen atoms in total. The number of hydrogen-bond donors (Lipinski definition) is 1. The number of benzene rings is 2. The lowest BCUT2D eigenvalue weighted by Gasteiger charge is -2.10. The van der Waals surface area contributed by atoms with Crippen molar-refractivity contribution in [2.45, 2.75) is 5.75 Å². The summed E-state index contributed by atoms with van der Waals surface area (Å²) in [6.07, 6.45) is 0. The van der Waals surface area contributed by atoms with Crippen LogP contribution < -0.4 is 4.72 Å². The lowest BCUT2D eigenvalue weighted by molar-refractivity contribution is 0.600. The summed E-state index contributed by atoms with van der Waals surface area (Å²) in [6.45, 7) is 0. The van der Waals surface area contributed by atoms with E-state index in [1.165, 1.54) is 0 Å². The molecule has 0 saturated heterocycles. The number of nitrogens with zero attached hydrogens (tertiary/aromatic N) is 1. The Morgan fingerprint density at radius 1 is 1.10 bits per heavy atom. The number of sulfonamides is 1. The Kier molecular flexibility index (Phi) is 4.62.